The topological polar surface area (TPSA) is 91.9 Å². The Hall–Kier alpha value is -1.75. The average molecular weight is 782 g/mol. The van der Waals surface area contributed by atoms with Crippen molar-refractivity contribution >= 4 is 45.7 Å². The van der Waals surface area contributed by atoms with Gasteiger partial charge in [0.1, 0.15) is 17.1 Å². The van der Waals surface area contributed by atoms with Gasteiger partial charge in [-0.3, -0.25) is 15.0 Å². The molecule has 20 heteroatoms. The van der Waals surface area contributed by atoms with Crippen LogP contribution in [0.15, 0.2) is 59.4 Å². The smallest absolute Gasteiger partial charge is 0.796 e. The minimum absolute atomic E-state index is 0. The van der Waals surface area contributed by atoms with E-state index in [2.05, 4.69) is 31.9 Å². The second-order valence-electron chi connectivity index (χ2n) is 8.33. The molecule has 0 bridgehead atoms. The molecule has 0 aliphatic carbocycles. The fourth-order valence-corrected chi connectivity index (χ4v) is 4.37. The van der Waals surface area contributed by atoms with Crippen LogP contribution in [0, 0.1) is 11.5 Å². The van der Waals surface area contributed by atoms with E-state index in [1.807, 2.05) is 6.26 Å². The third-order valence-corrected chi connectivity index (χ3v) is 8.08. The van der Waals surface area contributed by atoms with Crippen LogP contribution in [-0.4, -0.2) is 37.9 Å². The Balaban J connectivity index is -0.000000292. The zero-order valence-corrected chi connectivity index (χ0v) is 30.0. The largest absolute Gasteiger partial charge is 1.00 e. The fraction of sp³-hybridized carbons (Fsp3) is 0.429. The van der Waals surface area contributed by atoms with Gasteiger partial charge in [-0.25, -0.2) is 4.21 Å². The van der Waals surface area contributed by atoms with Crippen LogP contribution in [0.3, 0.4) is 0 Å². The summed E-state index contributed by atoms with van der Waals surface area (Å²) in [6, 6.07) is 6.68. The number of alkyl halides is 10. The van der Waals surface area contributed by atoms with Gasteiger partial charge in [-0.1, -0.05) is 33.1 Å². The monoisotopic (exact) mass is 781 g/mol. The molecule has 0 saturated heterocycles. The molecule has 0 amide bonds. The predicted octanol–water partition coefficient (Wildman–Crippen LogP) is 6.98. The molecule has 3 aromatic heterocycles. The number of nitriles is 1. The first kappa shape index (κ1) is 53.1. The van der Waals surface area contributed by atoms with Gasteiger partial charge in [0.2, 0.25) is 6.19 Å². The van der Waals surface area contributed by atoms with E-state index in [4.69, 9.17) is 16.9 Å². The standard InChI is InChI=1S/C10H10F3N3OS.C8H8F3NS.C7H5ClF3N.CH4S.2CH4.Na/c1-7(18(2,17)16-6-14)8-3-4-9(15-5-8)10(11,12)13;1-13-5-6-2-3-7(12-4-6)8(9,10)11;8-3-5-1-2-6(12-4-5)7(9,10)11;1-2;;;/h3-5,7H,1-2H3;2-4H,5H2,1H3;1-2,4H,3H2;2H,1H3;2*1H4;/q;;;;;;+1/p-1. The molecule has 0 aliphatic heterocycles. The second kappa shape index (κ2) is 24.4. The molecular weight excluding hydrogens is 748 g/mol. The van der Waals surface area contributed by atoms with Gasteiger partial charge in [0.15, 0.2) is 0 Å². The quantitative estimate of drug-likeness (QED) is 0.0908. The first-order chi connectivity index (χ1) is 20.8. The van der Waals surface area contributed by atoms with E-state index >= 15 is 0 Å². The summed E-state index contributed by atoms with van der Waals surface area (Å²) in [5, 5.41) is 7.71. The first-order valence-corrected chi connectivity index (χ1v) is 16.6. The molecule has 2 atom stereocenters. The SMILES string of the molecule is C.C.CC(c1ccc(C(F)(F)F)nc1)S(C)(=O)=NC#N.CSCc1ccc(C(F)(F)F)nc1.C[S-].FC(F)(F)c1ccc(CCl)cn1.[Na+]. The van der Waals surface area contributed by atoms with Crippen molar-refractivity contribution in [3.05, 3.63) is 88.8 Å². The molecule has 3 aromatic rings. The third kappa shape index (κ3) is 19.4. The van der Waals surface area contributed by atoms with E-state index in [-0.39, 0.29) is 50.3 Å². The van der Waals surface area contributed by atoms with E-state index in [0.717, 1.165) is 36.2 Å². The summed E-state index contributed by atoms with van der Waals surface area (Å²) < 4.78 is 124. The van der Waals surface area contributed by atoms with Crippen LogP contribution in [-0.2, 0) is 52.5 Å². The number of nitrogens with zero attached hydrogens (tertiary/aromatic N) is 5. The molecule has 0 fully saturated rings. The van der Waals surface area contributed by atoms with E-state index in [0.29, 0.717) is 16.9 Å². The molecular formula is C28H34ClF9N5NaOS3. The first-order valence-electron chi connectivity index (χ1n) is 11.9. The number of hydrogen-bond donors (Lipinski definition) is 0. The summed E-state index contributed by atoms with van der Waals surface area (Å²) in [7, 11) is -2.82. The second-order valence-corrected chi connectivity index (χ2v) is 12.1. The van der Waals surface area contributed by atoms with Crippen LogP contribution in [0.1, 0.15) is 60.8 Å². The van der Waals surface area contributed by atoms with Crippen molar-refractivity contribution in [3.8, 4) is 6.19 Å². The van der Waals surface area contributed by atoms with Gasteiger partial charge in [-0.2, -0.15) is 62.8 Å². The van der Waals surface area contributed by atoms with Crippen LogP contribution in [0.5, 0.6) is 0 Å². The molecule has 0 radical (unpaired) electrons. The van der Waals surface area contributed by atoms with Gasteiger partial charge < -0.3 is 12.6 Å². The van der Waals surface area contributed by atoms with Crippen molar-refractivity contribution in [2.24, 2.45) is 4.36 Å². The van der Waals surface area contributed by atoms with Crippen LogP contribution in [0.4, 0.5) is 39.5 Å². The molecule has 2 unspecified atom stereocenters. The molecule has 3 heterocycles. The van der Waals surface area contributed by atoms with Crippen LogP contribution >= 0.6 is 23.4 Å². The summed E-state index contributed by atoms with van der Waals surface area (Å²) in [6.45, 7) is 1.52. The van der Waals surface area contributed by atoms with Gasteiger partial charge in [0.05, 0.1) is 15.0 Å². The third-order valence-electron chi connectivity index (χ3n) is 5.12. The molecule has 0 aromatic carbocycles. The van der Waals surface area contributed by atoms with Gasteiger partial charge in [-0.05, 0) is 48.1 Å². The Morgan fingerprint density at radius 2 is 1.21 bits per heavy atom. The van der Waals surface area contributed by atoms with Crippen molar-refractivity contribution in [2.75, 3.05) is 18.8 Å². The van der Waals surface area contributed by atoms with Crippen molar-refractivity contribution < 1.29 is 73.3 Å². The zero-order chi connectivity index (χ0) is 35.1. The van der Waals surface area contributed by atoms with E-state index in [1.54, 1.807) is 18.0 Å². The minimum Gasteiger partial charge on any atom is -0.796 e. The summed E-state index contributed by atoms with van der Waals surface area (Å²) >= 11 is 11.0. The Bertz CT molecular complexity index is 1460. The van der Waals surface area contributed by atoms with Gasteiger partial charge >= 0.3 is 48.1 Å². The van der Waals surface area contributed by atoms with Crippen LogP contribution in [0.2, 0.25) is 0 Å². The van der Waals surface area contributed by atoms with Gasteiger partial charge in [0.25, 0.3) is 0 Å². The summed E-state index contributed by atoms with van der Waals surface area (Å²) in [5.41, 5.74) is -1.02. The maximum absolute atomic E-state index is 12.3. The van der Waals surface area contributed by atoms with E-state index in [9.17, 15) is 43.7 Å². The Morgan fingerprint density at radius 1 is 0.833 bits per heavy atom. The number of aromatic nitrogens is 3. The molecule has 0 spiro atoms. The van der Waals surface area contributed by atoms with Crippen molar-refractivity contribution in [2.45, 2.75) is 57.2 Å². The minimum atomic E-state index is -4.51. The fourth-order valence-electron chi connectivity index (χ4n) is 2.74. The van der Waals surface area contributed by atoms with Crippen molar-refractivity contribution in [1.29, 1.82) is 5.26 Å². The Kier molecular flexibility index (Phi) is 27.0. The normalized spacial score (nSPS) is 12.4. The average Bonchev–Trinajstić information content (AvgIpc) is 2.98. The van der Waals surface area contributed by atoms with Crippen molar-refractivity contribution in [1.82, 2.24) is 15.0 Å². The number of halogens is 10. The maximum atomic E-state index is 12.3. The molecule has 6 nitrogen and oxygen atoms in total. The summed E-state index contributed by atoms with van der Waals surface area (Å²) in [4.78, 5) is 9.81. The number of rotatable bonds is 5. The van der Waals surface area contributed by atoms with E-state index in [1.165, 1.54) is 43.8 Å². The van der Waals surface area contributed by atoms with E-state index < -0.39 is 50.6 Å². The number of thioether (sulfide) groups is 1. The van der Waals surface area contributed by atoms with Crippen molar-refractivity contribution in [3.63, 3.8) is 0 Å². The number of pyridine rings is 3. The maximum Gasteiger partial charge on any atom is 1.00 e. The van der Waals surface area contributed by atoms with Gasteiger partial charge in [-0.15, -0.1) is 16.0 Å². The Morgan fingerprint density at radius 3 is 1.48 bits per heavy atom. The van der Waals surface area contributed by atoms with Crippen LogP contribution < -0.4 is 29.6 Å². The number of hydrogen-bond acceptors (Lipinski definition) is 8. The summed E-state index contributed by atoms with van der Waals surface area (Å²) in [5.74, 6) is 0.857. The summed E-state index contributed by atoms with van der Waals surface area (Å²) in [6.07, 6.45) is -3.64. The molecule has 0 saturated carbocycles. The molecule has 48 heavy (non-hydrogen) atoms. The Labute approximate surface area is 312 Å². The molecule has 266 valence electrons. The van der Waals surface area contributed by atoms with Crippen LogP contribution in [0.25, 0.3) is 0 Å². The zero-order valence-electron chi connectivity index (χ0n) is 24.8. The molecule has 3 rings (SSSR count). The molecule has 0 aliphatic rings. The molecule has 0 N–H and O–H groups in total. The van der Waals surface area contributed by atoms with Gasteiger partial charge in [0, 0.05) is 36.5 Å². The predicted molar refractivity (Wildman–Crippen MR) is 172 cm³/mol.